The third-order valence-electron chi connectivity index (χ3n) is 2.78. The molecule has 0 fully saturated rings. The van der Waals surface area contributed by atoms with E-state index in [0.717, 1.165) is 0 Å². The van der Waals surface area contributed by atoms with Gasteiger partial charge in [-0.3, -0.25) is 10.1 Å². The zero-order valence-corrected chi connectivity index (χ0v) is 12.3. The van der Waals surface area contributed by atoms with E-state index in [1.165, 1.54) is 18.2 Å². The van der Waals surface area contributed by atoms with Gasteiger partial charge in [0.05, 0.1) is 30.8 Å². The lowest BCUT2D eigenvalue weighted by molar-refractivity contribution is -0.385. The van der Waals surface area contributed by atoms with Crippen molar-refractivity contribution in [2.24, 2.45) is 0 Å². The lowest BCUT2D eigenvalue weighted by Gasteiger charge is -2.13. The highest BCUT2D eigenvalue weighted by molar-refractivity contribution is 5.44. The highest BCUT2D eigenvalue weighted by Gasteiger charge is 2.15. The van der Waals surface area contributed by atoms with Crippen LogP contribution in [0.5, 0.6) is 5.75 Å². The summed E-state index contributed by atoms with van der Waals surface area (Å²) in [7, 11) is 1.61. The maximum Gasteiger partial charge on any atom is 0.270 e. The minimum atomic E-state index is -0.835. The minimum Gasteiger partial charge on any atom is -0.493 e. The second-order valence-electron chi connectivity index (χ2n) is 4.46. The zero-order chi connectivity index (χ0) is 15.7. The van der Waals surface area contributed by atoms with Crippen molar-refractivity contribution in [3.63, 3.8) is 0 Å². The van der Waals surface area contributed by atoms with Gasteiger partial charge in [-0.05, 0) is 13.0 Å². The van der Waals surface area contributed by atoms with Crippen LogP contribution in [-0.4, -0.2) is 43.6 Å². The molecule has 0 aromatic heterocycles. The van der Waals surface area contributed by atoms with Gasteiger partial charge in [0.15, 0.2) is 0 Å². The largest absolute Gasteiger partial charge is 0.493 e. The van der Waals surface area contributed by atoms with Crippen LogP contribution in [0, 0.1) is 10.1 Å². The normalized spacial score (nSPS) is 12.1. The van der Waals surface area contributed by atoms with Crippen LogP contribution in [0.1, 0.15) is 25.0 Å². The van der Waals surface area contributed by atoms with E-state index in [0.29, 0.717) is 44.2 Å². The summed E-state index contributed by atoms with van der Waals surface area (Å²) >= 11 is 0. The highest BCUT2D eigenvalue weighted by atomic mass is 16.6. The molecule has 0 bridgehead atoms. The van der Waals surface area contributed by atoms with Crippen LogP contribution < -0.4 is 4.74 Å². The fourth-order valence-corrected chi connectivity index (χ4v) is 1.69. The van der Waals surface area contributed by atoms with Gasteiger partial charge >= 0.3 is 0 Å². The number of aliphatic hydroxyl groups is 1. The molecule has 0 saturated carbocycles. The Hall–Kier alpha value is -1.70. The monoisotopic (exact) mass is 299 g/mol. The number of non-ortho nitro benzene ring substituents is 1. The molecule has 1 unspecified atom stereocenters. The Balaban J connectivity index is 2.49. The fraction of sp³-hybridized carbons (Fsp3) is 0.571. The molecule has 21 heavy (non-hydrogen) atoms. The Morgan fingerprint density at radius 1 is 1.29 bits per heavy atom. The lowest BCUT2D eigenvalue weighted by atomic mass is 10.1. The first-order valence-electron chi connectivity index (χ1n) is 6.72. The molecule has 1 N–H and O–H groups in total. The molecule has 0 amide bonds. The molecule has 0 heterocycles. The zero-order valence-electron chi connectivity index (χ0n) is 12.3. The SMILES string of the molecule is COCCOCCCOc1ccc([N+](=O)[O-])cc1C(C)O. The summed E-state index contributed by atoms with van der Waals surface area (Å²) in [5, 5.41) is 20.4. The predicted octanol–water partition coefficient (Wildman–Crippen LogP) is 2.08. The smallest absolute Gasteiger partial charge is 0.270 e. The number of nitro benzene ring substituents is 1. The maximum atomic E-state index is 10.7. The predicted molar refractivity (Wildman–Crippen MR) is 76.5 cm³/mol. The van der Waals surface area contributed by atoms with Gasteiger partial charge in [0.1, 0.15) is 5.75 Å². The highest BCUT2D eigenvalue weighted by Crippen LogP contribution is 2.29. The third kappa shape index (κ3) is 6.07. The van der Waals surface area contributed by atoms with Gasteiger partial charge in [-0.1, -0.05) is 0 Å². The first kappa shape index (κ1) is 17.4. The van der Waals surface area contributed by atoms with E-state index in [-0.39, 0.29) is 5.69 Å². The molecule has 0 aliphatic rings. The van der Waals surface area contributed by atoms with Crippen molar-refractivity contribution in [2.75, 3.05) is 33.5 Å². The van der Waals surface area contributed by atoms with Crippen LogP contribution in [0.2, 0.25) is 0 Å². The summed E-state index contributed by atoms with van der Waals surface area (Å²) in [6, 6.07) is 4.19. The number of methoxy groups -OCH3 is 1. The summed E-state index contributed by atoms with van der Waals surface area (Å²) in [6.07, 6.45) is -0.155. The van der Waals surface area contributed by atoms with Crippen LogP contribution in [0.4, 0.5) is 5.69 Å². The van der Waals surface area contributed by atoms with Crippen molar-refractivity contribution in [1.29, 1.82) is 0 Å². The van der Waals surface area contributed by atoms with E-state index in [1.54, 1.807) is 14.0 Å². The molecule has 0 radical (unpaired) electrons. The number of rotatable bonds is 10. The van der Waals surface area contributed by atoms with Crippen molar-refractivity contribution in [3.05, 3.63) is 33.9 Å². The third-order valence-corrected chi connectivity index (χ3v) is 2.78. The van der Waals surface area contributed by atoms with Crippen molar-refractivity contribution in [3.8, 4) is 5.75 Å². The number of ether oxygens (including phenoxy) is 3. The molecule has 0 spiro atoms. The van der Waals surface area contributed by atoms with Gasteiger partial charge in [0.2, 0.25) is 0 Å². The summed E-state index contributed by atoms with van der Waals surface area (Å²) in [5.41, 5.74) is 0.339. The minimum absolute atomic E-state index is 0.0684. The Morgan fingerprint density at radius 3 is 2.67 bits per heavy atom. The lowest BCUT2D eigenvalue weighted by Crippen LogP contribution is -2.08. The van der Waals surface area contributed by atoms with E-state index >= 15 is 0 Å². The molecule has 1 aromatic rings. The topological polar surface area (TPSA) is 91.1 Å². The molecule has 0 saturated heterocycles. The van der Waals surface area contributed by atoms with E-state index in [4.69, 9.17) is 14.2 Å². The molecule has 0 aliphatic carbocycles. The van der Waals surface area contributed by atoms with Gasteiger partial charge in [-0.25, -0.2) is 0 Å². The molecule has 1 aromatic carbocycles. The number of hydrogen-bond acceptors (Lipinski definition) is 6. The Labute approximate surface area is 123 Å². The van der Waals surface area contributed by atoms with Crippen molar-refractivity contribution >= 4 is 5.69 Å². The Bertz CT molecular complexity index is 449. The summed E-state index contributed by atoms with van der Waals surface area (Å²) in [4.78, 5) is 10.2. The van der Waals surface area contributed by atoms with Crippen LogP contribution in [0.3, 0.4) is 0 Å². The van der Waals surface area contributed by atoms with Crippen molar-refractivity contribution < 1.29 is 24.2 Å². The summed E-state index contributed by atoms with van der Waals surface area (Å²) in [6.45, 7) is 3.58. The number of nitro groups is 1. The molecule has 7 nitrogen and oxygen atoms in total. The molecular formula is C14H21NO6. The molecule has 1 rings (SSSR count). The standard InChI is InChI=1S/C14H21NO6/c1-11(16)13-10-12(15(17)18)4-5-14(13)21-7-3-6-20-9-8-19-2/h4-5,10-11,16H,3,6-9H2,1-2H3. The van der Waals surface area contributed by atoms with Crippen LogP contribution in [-0.2, 0) is 9.47 Å². The van der Waals surface area contributed by atoms with Crippen LogP contribution in [0.25, 0.3) is 0 Å². The van der Waals surface area contributed by atoms with Gasteiger partial charge < -0.3 is 19.3 Å². The van der Waals surface area contributed by atoms with E-state index in [2.05, 4.69) is 0 Å². The Morgan fingerprint density at radius 2 is 2.05 bits per heavy atom. The Kier molecular flexibility index (Phi) is 7.66. The molecule has 118 valence electrons. The second-order valence-corrected chi connectivity index (χ2v) is 4.46. The van der Waals surface area contributed by atoms with E-state index < -0.39 is 11.0 Å². The number of hydrogen-bond donors (Lipinski definition) is 1. The average Bonchev–Trinajstić information content (AvgIpc) is 2.46. The number of nitrogens with zero attached hydrogens (tertiary/aromatic N) is 1. The van der Waals surface area contributed by atoms with E-state index in [9.17, 15) is 15.2 Å². The quantitative estimate of drug-likeness (QED) is 0.404. The second kappa shape index (κ2) is 9.28. The van der Waals surface area contributed by atoms with Gasteiger partial charge in [-0.15, -0.1) is 0 Å². The number of benzene rings is 1. The summed E-state index contributed by atoms with van der Waals surface area (Å²) in [5.74, 6) is 0.451. The molecule has 7 heteroatoms. The first-order chi connectivity index (χ1) is 10.1. The molecule has 0 aliphatic heterocycles. The van der Waals surface area contributed by atoms with Crippen LogP contribution in [0.15, 0.2) is 18.2 Å². The van der Waals surface area contributed by atoms with E-state index in [1.807, 2.05) is 0 Å². The van der Waals surface area contributed by atoms with Gasteiger partial charge in [-0.2, -0.15) is 0 Å². The molecular weight excluding hydrogens is 278 g/mol. The maximum absolute atomic E-state index is 10.7. The van der Waals surface area contributed by atoms with Gasteiger partial charge in [0, 0.05) is 37.8 Å². The first-order valence-corrected chi connectivity index (χ1v) is 6.72. The average molecular weight is 299 g/mol. The summed E-state index contributed by atoms with van der Waals surface area (Å²) < 4.78 is 15.7. The van der Waals surface area contributed by atoms with Crippen molar-refractivity contribution in [1.82, 2.24) is 0 Å². The van der Waals surface area contributed by atoms with Gasteiger partial charge in [0.25, 0.3) is 5.69 Å². The fourth-order valence-electron chi connectivity index (χ4n) is 1.69. The van der Waals surface area contributed by atoms with Crippen molar-refractivity contribution in [2.45, 2.75) is 19.4 Å². The van der Waals surface area contributed by atoms with Crippen LogP contribution >= 0.6 is 0 Å². The molecule has 1 atom stereocenters. The number of aliphatic hydroxyl groups excluding tert-OH is 1.